The van der Waals surface area contributed by atoms with E-state index in [9.17, 15) is 9.18 Å². The fraction of sp³-hybridized carbons (Fsp3) is 0.300. The molecule has 9 heteroatoms. The smallest absolute Gasteiger partial charge is 0.243 e. The summed E-state index contributed by atoms with van der Waals surface area (Å²) in [5, 5.41) is 8.68. The third kappa shape index (κ3) is 8.55. The van der Waals surface area contributed by atoms with Crippen LogP contribution in [0.25, 0.3) is 0 Å². The Hall–Kier alpha value is -2.56. The lowest BCUT2D eigenvalue weighted by Crippen LogP contribution is -2.44. The number of guanidine groups is 1. The van der Waals surface area contributed by atoms with Crippen molar-refractivity contribution in [3.63, 3.8) is 0 Å². The standard InChI is InChI=1S/C20H25FN4O3.HI/c1-14(28-18-7-5-4-6-17(18)27-3)12-23-20(22-2)24-13-19(26)25-16-10-8-15(21)9-11-16;/h4-11,14H,12-13H2,1-3H3,(H,25,26)(H2,22,23,24);1H. The summed E-state index contributed by atoms with van der Waals surface area (Å²) in [5.41, 5.74) is 0.523. The Kier molecular flexibility index (Phi) is 10.8. The minimum Gasteiger partial charge on any atom is -0.493 e. The quantitative estimate of drug-likeness (QED) is 0.286. The normalized spacial score (nSPS) is 11.7. The summed E-state index contributed by atoms with van der Waals surface area (Å²) >= 11 is 0. The molecular weight excluding hydrogens is 490 g/mol. The summed E-state index contributed by atoms with van der Waals surface area (Å²) in [6.07, 6.45) is -0.164. The van der Waals surface area contributed by atoms with E-state index in [-0.39, 0.29) is 48.3 Å². The molecule has 7 nitrogen and oxygen atoms in total. The van der Waals surface area contributed by atoms with E-state index >= 15 is 0 Å². The van der Waals surface area contributed by atoms with Crippen molar-refractivity contribution < 1.29 is 18.7 Å². The van der Waals surface area contributed by atoms with E-state index in [0.29, 0.717) is 29.7 Å². The molecule has 0 saturated heterocycles. The largest absolute Gasteiger partial charge is 0.493 e. The SMILES string of the molecule is CN=C(NCC(=O)Nc1ccc(F)cc1)NCC(C)Oc1ccccc1OC.I. The van der Waals surface area contributed by atoms with Gasteiger partial charge in [0.1, 0.15) is 11.9 Å². The fourth-order valence-corrected chi connectivity index (χ4v) is 2.34. The molecule has 0 heterocycles. The van der Waals surface area contributed by atoms with E-state index in [1.165, 1.54) is 24.3 Å². The first kappa shape index (κ1) is 24.5. The first-order valence-corrected chi connectivity index (χ1v) is 8.81. The highest BCUT2D eigenvalue weighted by Gasteiger charge is 2.10. The molecule has 1 amide bonds. The van der Waals surface area contributed by atoms with Crippen LogP contribution in [0, 0.1) is 5.82 Å². The van der Waals surface area contributed by atoms with Crippen molar-refractivity contribution in [1.82, 2.24) is 10.6 Å². The summed E-state index contributed by atoms with van der Waals surface area (Å²) in [6, 6.07) is 13.0. The molecule has 0 aliphatic heterocycles. The van der Waals surface area contributed by atoms with E-state index in [2.05, 4.69) is 20.9 Å². The average Bonchev–Trinajstić information content (AvgIpc) is 2.70. The number of para-hydroxylation sites is 2. The maximum Gasteiger partial charge on any atom is 0.243 e. The van der Waals surface area contributed by atoms with Crippen molar-refractivity contribution in [3.8, 4) is 11.5 Å². The van der Waals surface area contributed by atoms with Gasteiger partial charge in [-0.2, -0.15) is 0 Å². The number of carbonyl (C=O) groups excluding carboxylic acids is 1. The van der Waals surface area contributed by atoms with Crippen LogP contribution < -0.4 is 25.4 Å². The average molecular weight is 516 g/mol. The highest BCUT2D eigenvalue weighted by Crippen LogP contribution is 2.26. The first-order valence-electron chi connectivity index (χ1n) is 8.81. The van der Waals surface area contributed by atoms with Crippen molar-refractivity contribution in [3.05, 3.63) is 54.3 Å². The van der Waals surface area contributed by atoms with Gasteiger partial charge in [0.25, 0.3) is 0 Å². The number of rotatable bonds is 8. The Morgan fingerprint density at radius 1 is 1.10 bits per heavy atom. The Labute approximate surface area is 187 Å². The van der Waals surface area contributed by atoms with Crippen molar-refractivity contribution >= 4 is 41.5 Å². The number of hydrogen-bond donors (Lipinski definition) is 3. The summed E-state index contributed by atoms with van der Waals surface area (Å²) in [4.78, 5) is 16.1. The maximum absolute atomic E-state index is 12.9. The number of anilines is 1. The number of nitrogens with one attached hydrogen (secondary N) is 3. The number of nitrogens with zero attached hydrogens (tertiary/aromatic N) is 1. The van der Waals surface area contributed by atoms with Gasteiger partial charge in [0.15, 0.2) is 17.5 Å². The first-order chi connectivity index (χ1) is 13.5. The lowest BCUT2D eigenvalue weighted by Gasteiger charge is -2.19. The molecule has 0 aromatic heterocycles. The van der Waals surface area contributed by atoms with Crippen molar-refractivity contribution in [2.75, 3.05) is 32.6 Å². The number of halogens is 2. The molecule has 1 unspecified atom stereocenters. The molecule has 158 valence electrons. The zero-order chi connectivity index (χ0) is 20.4. The Morgan fingerprint density at radius 3 is 2.38 bits per heavy atom. The number of hydrogen-bond acceptors (Lipinski definition) is 4. The van der Waals surface area contributed by atoms with Gasteiger partial charge in [-0.25, -0.2) is 4.39 Å². The molecule has 2 aromatic carbocycles. The van der Waals surface area contributed by atoms with Crippen LogP contribution in [0.15, 0.2) is 53.5 Å². The number of aliphatic imine (C=N–C) groups is 1. The molecule has 0 aliphatic carbocycles. The molecule has 0 bridgehead atoms. The number of carbonyl (C=O) groups is 1. The topological polar surface area (TPSA) is 84.0 Å². The van der Waals surface area contributed by atoms with E-state index in [1.54, 1.807) is 14.2 Å². The highest BCUT2D eigenvalue weighted by molar-refractivity contribution is 14.0. The van der Waals surface area contributed by atoms with Gasteiger partial charge in [0.05, 0.1) is 20.2 Å². The Morgan fingerprint density at radius 2 is 1.76 bits per heavy atom. The van der Waals surface area contributed by atoms with Gasteiger partial charge in [0, 0.05) is 12.7 Å². The van der Waals surface area contributed by atoms with Crippen molar-refractivity contribution in [1.29, 1.82) is 0 Å². The van der Waals surface area contributed by atoms with Crippen LogP contribution in [0.4, 0.5) is 10.1 Å². The summed E-state index contributed by atoms with van der Waals surface area (Å²) in [5.74, 6) is 1.15. The summed E-state index contributed by atoms with van der Waals surface area (Å²) < 4.78 is 24.0. The maximum atomic E-state index is 12.9. The van der Waals surface area contributed by atoms with Crippen LogP contribution in [0.1, 0.15) is 6.92 Å². The number of methoxy groups -OCH3 is 1. The molecule has 0 aliphatic rings. The Balaban J connectivity index is 0.00000420. The lowest BCUT2D eigenvalue weighted by atomic mass is 10.3. The number of amides is 1. The minimum atomic E-state index is -0.356. The summed E-state index contributed by atoms with van der Waals surface area (Å²) in [7, 11) is 3.20. The second-order valence-electron chi connectivity index (χ2n) is 5.94. The second kappa shape index (κ2) is 12.8. The van der Waals surface area contributed by atoms with E-state index in [0.717, 1.165) is 0 Å². The van der Waals surface area contributed by atoms with Gasteiger partial charge in [-0.15, -0.1) is 24.0 Å². The summed E-state index contributed by atoms with van der Waals surface area (Å²) in [6.45, 7) is 2.39. The highest BCUT2D eigenvalue weighted by atomic mass is 127. The van der Waals surface area contributed by atoms with Crippen LogP contribution in [-0.4, -0.2) is 45.2 Å². The molecule has 2 rings (SSSR count). The molecule has 0 spiro atoms. The zero-order valence-electron chi connectivity index (χ0n) is 16.6. The molecular formula is C20H26FIN4O3. The number of benzene rings is 2. The minimum absolute atomic E-state index is 0. The van der Waals surface area contributed by atoms with E-state index < -0.39 is 0 Å². The third-order valence-corrected chi connectivity index (χ3v) is 3.72. The van der Waals surface area contributed by atoms with Crippen molar-refractivity contribution in [2.45, 2.75) is 13.0 Å². The molecule has 3 N–H and O–H groups in total. The van der Waals surface area contributed by atoms with Gasteiger partial charge < -0.3 is 25.4 Å². The molecule has 0 radical (unpaired) electrons. The molecule has 1 atom stereocenters. The predicted molar refractivity (Wildman–Crippen MR) is 123 cm³/mol. The van der Waals surface area contributed by atoms with Gasteiger partial charge >= 0.3 is 0 Å². The van der Waals surface area contributed by atoms with Crippen LogP contribution >= 0.6 is 24.0 Å². The third-order valence-electron chi connectivity index (χ3n) is 3.72. The van der Waals surface area contributed by atoms with Gasteiger partial charge in [-0.3, -0.25) is 9.79 Å². The van der Waals surface area contributed by atoms with Crippen LogP contribution in [0.3, 0.4) is 0 Å². The van der Waals surface area contributed by atoms with Gasteiger partial charge in [-0.1, -0.05) is 12.1 Å². The zero-order valence-corrected chi connectivity index (χ0v) is 18.9. The van der Waals surface area contributed by atoms with Crippen LogP contribution in [0.2, 0.25) is 0 Å². The molecule has 2 aromatic rings. The molecule has 29 heavy (non-hydrogen) atoms. The van der Waals surface area contributed by atoms with Crippen LogP contribution in [-0.2, 0) is 4.79 Å². The molecule has 0 saturated carbocycles. The molecule has 0 fully saturated rings. The monoisotopic (exact) mass is 516 g/mol. The van der Waals surface area contributed by atoms with Crippen molar-refractivity contribution in [2.24, 2.45) is 4.99 Å². The van der Waals surface area contributed by atoms with Gasteiger partial charge in [-0.05, 0) is 43.3 Å². The predicted octanol–water partition coefficient (Wildman–Crippen LogP) is 3.02. The fourth-order valence-electron chi connectivity index (χ4n) is 2.34. The van der Waals surface area contributed by atoms with Gasteiger partial charge in [0.2, 0.25) is 5.91 Å². The second-order valence-corrected chi connectivity index (χ2v) is 5.94. The van der Waals surface area contributed by atoms with E-state index in [1.807, 2.05) is 31.2 Å². The Bertz CT molecular complexity index is 803. The van der Waals surface area contributed by atoms with E-state index in [4.69, 9.17) is 9.47 Å². The number of ether oxygens (including phenoxy) is 2. The van der Waals surface area contributed by atoms with Crippen LogP contribution in [0.5, 0.6) is 11.5 Å². The lowest BCUT2D eigenvalue weighted by molar-refractivity contribution is -0.115.